The highest BCUT2D eigenvalue weighted by Gasteiger charge is 2.27. The van der Waals surface area contributed by atoms with E-state index in [2.05, 4.69) is 9.62 Å². The third kappa shape index (κ3) is 4.87. The molecule has 0 aliphatic carbocycles. The number of rotatable bonds is 7. The average molecular weight is 443 g/mol. The Morgan fingerprint density at radius 3 is 2.61 bits per heavy atom. The molecule has 5 nitrogen and oxygen atoms in total. The lowest BCUT2D eigenvalue weighted by Gasteiger charge is -2.33. The maximum absolute atomic E-state index is 12.4. The zero-order valence-electron chi connectivity index (χ0n) is 15.9. The number of halogens is 2. The van der Waals surface area contributed by atoms with E-state index in [0.29, 0.717) is 23.3 Å². The second-order valence-electron chi connectivity index (χ2n) is 6.87. The number of hydrogen-bond acceptors (Lipinski definition) is 4. The van der Waals surface area contributed by atoms with E-state index in [1.165, 1.54) is 0 Å². The maximum Gasteiger partial charge on any atom is 0.240 e. The second-order valence-corrected chi connectivity index (χ2v) is 9.48. The first-order valence-corrected chi connectivity index (χ1v) is 11.4. The molecule has 1 aliphatic rings. The number of hydrogen-bond donors (Lipinski definition) is 1. The lowest BCUT2D eigenvalue weighted by molar-refractivity contribution is 0.153. The number of nitrogens with zero attached hydrogens (tertiary/aromatic N) is 1. The summed E-state index contributed by atoms with van der Waals surface area (Å²) < 4.78 is 32.5. The van der Waals surface area contributed by atoms with Crippen molar-refractivity contribution in [2.24, 2.45) is 0 Å². The number of likely N-dealkylation sites (N-methyl/N-ethyl adjacent to an activating group) is 1. The van der Waals surface area contributed by atoms with Gasteiger partial charge in [-0.15, -0.1) is 0 Å². The third-order valence-corrected chi connectivity index (χ3v) is 6.86. The fraction of sp³-hybridized carbons (Fsp3) is 0.400. The summed E-state index contributed by atoms with van der Waals surface area (Å²) >= 11 is 12.6. The fourth-order valence-electron chi connectivity index (χ4n) is 3.49. The predicted molar refractivity (Wildman–Crippen MR) is 113 cm³/mol. The van der Waals surface area contributed by atoms with Gasteiger partial charge in [-0.05, 0) is 54.9 Å². The minimum absolute atomic E-state index is 0.0765. The van der Waals surface area contributed by atoms with Crippen LogP contribution in [0.2, 0.25) is 10.0 Å². The Bertz CT molecular complexity index is 933. The molecule has 0 saturated heterocycles. The van der Waals surface area contributed by atoms with E-state index in [9.17, 15) is 8.42 Å². The highest BCUT2D eigenvalue weighted by molar-refractivity contribution is 7.89. The molecule has 1 heterocycles. The number of sulfonamides is 1. The summed E-state index contributed by atoms with van der Waals surface area (Å²) in [6.45, 7) is 4.59. The Morgan fingerprint density at radius 1 is 1.21 bits per heavy atom. The second kappa shape index (κ2) is 9.11. The molecule has 2 aromatic carbocycles. The van der Waals surface area contributed by atoms with Crippen LogP contribution in [0.25, 0.3) is 0 Å². The Kier molecular flexibility index (Phi) is 7.02. The molecule has 0 bridgehead atoms. The molecule has 28 heavy (non-hydrogen) atoms. The van der Waals surface area contributed by atoms with Crippen molar-refractivity contribution in [3.8, 4) is 0 Å². The van der Waals surface area contributed by atoms with Crippen molar-refractivity contribution in [2.75, 3.05) is 33.4 Å². The molecule has 1 aliphatic heterocycles. The van der Waals surface area contributed by atoms with E-state index in [0.717, 1.165) is 29.8 Å². The molecule has 3 rings (SSSR count). The van der Waals surface area contributed by atoms with Gasteiger partial charge in [0.2, 0.25) is 10.0 Å². The quantitative estimate of drug-likeness (QED) is 0.660. The number of nitrogens with one attached hydrogen (secondary N) is 1. The van der Waals surface area contributed by atoms with E-state index in [1.807, 2.05) is 32.2 Å². The van der Waals surface area contributed by atoms with Gasteiger partial charge >= 0.3 is 0 Å². The van der Waals surface area contributed by atoms with Crippen LogP contribution in [0.4, 0.5) is 0 Å². The van der Waals surface area contributed by atoms with Crippen LogP contribution in [0, 0.1) is 0 Å². The summed E-state index contributed by atoms with van der Waals surface area (Å²) in [5.74, 6) is 0.0765. The summed E-state index contributed by atoms with van der Waals surface area (Å²) in [6.07, 6.45) is 0. The lowest BCUT2D eigenvalue weighted by atomic mass is 9.85. The monoisotopic (exact) mass is 442 g/mol. The number of ether oxygens (including phenoxy) is 1. The molecule has 152 valence electrons. The van der Waals surface area contributed by atoms with E-state index in [-0.39, 0.29) is 17.4 Å². The van der Waals surface area contributed by atoms with Gasteiger partial charge in [-0.2, -0.15) is 0 Å². The van der Waals surface area contributed by atoms with E-state index < -0.39 is 10.0 Å². The van der Waals surface area contributed by atoms with Crippen molar-refractivity contribution in [2.45, 2.75) is 24.3 Å². The molecule has 0 aromatic heterocycles. The van der Waals surface area contributed by atoms with Crippen LogP contribution in [-0.4, -0.2) is 46.7 Å². The zero-order valence-corrected chi connectivity index (χ0v) is 18.2. The summed E-state index contributed by atoms with van der Waals surface area (Å²) in [7, 11) is -1.51. The van der Waals surface area contributed by atoms with E-state index in [4.69, 9.17) is 27.9 Å². The largest absolute Gasteiger partial charge is 0.380 e. The molecule has 1 unspecified atom stereocenters. The molecule has 0 amide bonds. The Hall–Kier alpha value is -1.15. The molecule has 0 spiro atoms. The van der Waals surface area contributed by atoms with Crippen molar-refractivity contribution < 1.29 is 13.2 Å². The predicted octanol–water partition coefficient (Wildman–Crippen LogP) is 3.89. The number of benzene rings is 2. The molecule has 1 N–H and O–H groups in total. The van der Waals surface area contributed by atoms with Crippen molar-refractivity contribution in [1.29, 1.82) is 0 Å². The molecule has 0 saturated carbocycles. The molecular formula is C20H24Cl2N2O3S. The van der Waals surface area contributed by atoms with Crippen LogP contribution in [0.1, 0.15) is 29.5 Å². The van der Waals surface area contributed by atoms with Gasteiger partial charge in [0, 0.05) is 42.2 Å². The summed E-state index contributed by atoms with van der Waals surface area (Å²) in [5.41, 5.74) is 3.19. The summed E-state index contributed by atoms with van der Waals surface area (Å²) in [4.78, 5) is 2.44. The molecule has 8 heteroatoms. The lowest BCUT2D eigenvalue weighted by Crippen LogP contribution is -2.31. The van der Waals surface area contributed by atoms with Crippen LogP contribution < -0.4 is 4.72 Å². The average Bonchev–Trinajstić information content (AvgIpc) is 2.65. The van der Waals surface area contributed by atoms with Gasteiger partial charge in [-0.3, -0.25) is 0 Å². The molecule has 0 fully saturated rings. The van der Waals surface area contributed by atoms with Gasteiger partial charge in [-0.25, -0.2) is 13.1 Å². The van der Waals surface area contributed by atoms with Gasteiger partial charge in [0.05, 0.1) is 11.5 Å². The normalized spacial score (nSPS) is 17.5. The maximum atomic E-state index is 12.4. The first kappa shape index (κ1) is 21.6. The van der Waals surface area contributed by atoms with E-state index >= 15 is 0 Å². The van der Waals surface area contributed by atoms with Gasteiger partial charge in [-0.1, -0.05) is 35.3 Å². The van der Waals surface area contributed by atoms with Gasteiger partial charge in [0.25, 0.3) is 0 Å². The molecule has 0 radical (unpaired) electrons. The van der Waals surface area contributed by atoms with Crippen molar-refractivity contribution in [1.82, 2.24) is 9.62 Å². The standard InChI is InChI=1S/C20H24Cl2N2O3S/c1-3-27-9-8-23-28(25,26)16-6-4-14(5-7-16)18-12-24(2)13-19-17(18)10-15(21)11-20(19)22/h4-7,10-11,18,23H,3,8-9,12-13H2,1-2H3. The molecular weight excluding hydrogens is 419 g/mol. The topological polar surface area (TPSA) is 58.6 Å². The molecule has 1 atom stereocenters. The van der Waals surface area contributed by atoms with Gasteiger partial charge < -0.3 is 9.64 Å². The SMILES string of the molecule is CCOCCNS(=O)(=O)c1ccc(C2CN(C)Cc3c(Cl)cc(Cl)cc32)cc1. The molecule has 2 aromatic rings. The summed E-state index contributed by atoms with van der Waals surface area (Å²) in [6, 6.07) is 10.7. The van der Waals surface area contributed by atoms with Gasteiger partial charge in [0.1, 0.15) is 0 Å². The minimum Gasteiger partial charge on any atom is -0.380 e. The van der Waals surface area contributed by atoms with Gasteiger partial charge in [0.15, 0.2) is 0 Å². The van der Waals surface area contributed by atoms with E-state index in [1.54, 1.807) is 18.2 Å². The first-order chi connectivity index (χ1) is 13.3. The Labute approximate surface area is 176 Å². The Balaban J connectivity index is 1.84. The highest BCUT2D eigenvalue weighted by atomic mass is 35.5. The minimum atomic E-state index is -3.56. The van der Waals surface area contributed by atoms with Crippen LogP contribution in [-0.2, 0) is 21.3 Å². The fourth-order valence-corrected chi connectivity index (χ4v) is 5.07. The van der Waals surface area contributed by atoms with Crippen molar-refractivity contribution in [3.05, 3.63) is 63.1 Å². The van der Waals surface area contributed by atoms with Crippen molar-refractivity contribution >= 4 is 33.2 Å². The first-order valence-electron chi connectivity index (χ1n) is 9.15. The Morgan fingerprint density at radius 2 is 1.93 bits per heavy atom. The van der Waals surface area contributed by atoms with Crippen LogP contribution in [0.5, 0.6) is 0 Å². The third-order valence-electron chi connectivity index (χ3n) is 4.83. The zero-order chi connectivity index (χ0) is 20.3. The van der Waals surface area contributed by atoms with Crippen LogP contribution in [0.15, 0.2) is 41.3 Å². The van der Waals surface area contributed by atoms with Crippen LogP contribution in [0.3, 0.4) is 0 Å². The smallest absolute Gasteiger partial charge is 0.240 e. The van der Waals surface area contributed by atoms with Crippen LogP contribution >= 0.6 is 23.2 Å². The van der Waals surface area contributed by atoms with Crippen molar-refractivity contribution in [3.63, 3.8) is 0 Å². The summed E-state index contributed by atoms with van der Waals surface area (Å²) in [5, 5.41) is 1.27. The highest BCUT2D eigenvalue weighted by Crippen LogP contribution is 2.38. The number of fused-ring (bicyclic) bond motifs is 1.